The Morgan fingerprint density at radius 1 is 0.583 bits per heavy atom. The molecule has 6 rings (SSSR count). The molecule has 0 bridgehead atoms. The molecule has 4 aromatic rings. The van der Waals surface area contributed by atoms with Crippen molar-refractivity contribution in [1.82, 2.24) is 0 Å². The lowest BCUT2D eigenvalue weighted by Gasteiger charge is -2.39. The van der Waals surface area contributed by atoms with Crippen molar-refractivity contribution in [3.8, 4) is 11.1 Å². The standard InChI is InChI=1S/C32H28Cl2N8O4S2/c33-25-13-17(9-11-23(25)31(47(39,43)44)15-27(41-37)29(35)19-5-1-3-7-21(19)31)18-10-12-24(26(34)14-18)32(48(40,45)46)16-28(42-38)30(36)20-6-2-4-8-22(20)32/h1-14,35-36H,15-16,37-38H2,(H2,39,43,44)(H2,40,45,46). The molecule has 2 aliphatic carbocycles. The molecule has 246 valence electrons. The molecule has 10 N–H and O–H groups in total. The Morgan fingerprint density at radius 2 is 0.938 bits per heavy atom. The molecule has 0 spiro atoms. The molecule has 2 unspecified atom stereocenters. The molecule has 12 nitrogen and oxygen atoms in total. The Bertz CT molecular complexity index is 2200. The number of nitrogens with two attached hydrogens (primary N) is 4. The summed E-state index contributed by atoms with van der Waals surface area (Å²) < 4.78 is 50.1. The van der Waals surface area contributed by atoms with Crippen molar-refractivity contribution < 1.29 is 16.8 Å². The summed E-state index contributed by atoms with van der Waals surface area (Å²) in [6.07, 6.45) is -0.638. The van der Waals surface area contributed by atoms with Gasteiger partial charge in [-0.05, 0) is 45.5 Å². The van der Waals surface area contributed by atoms with Crippen LogP contribution in [0.1, 0.15) is 46.2 Å². The average molecular weight is 724 g/mol. The zero-order valence-electron chi connectivity index (χ0n) is 24.9. The van der Waals surface area contributed by atoms with Gasteiger partial charge in [-0.15, -0.1) is 0 Å². The molecular formula is C32H28Cl2N8O4S2. The van der Waals surface area contributed by atoms with E-state index in [0.29, 0.717) is 22.3 Å². The monoisotopic (exact) mass is 722 g/mol. The molecule has 16 heteroatoms. The number of hydrogen-bond donors (Lipinski definition) is 6. The highest BCUT2D eigenvalue weighted by molar-refractivity contribution is 7.90. The number of hydrazone groups is 2. The van der Waals surface area contributed by atoms with Crippen molar-refractivity contribution in [3.63, 3.8) is 0 Å². The minimum Gasteiger partial charge on any atom is -0.323 e. The Balaban J connectivity index is 1.51. The molecule has 0 heterocycles. The summed E-state index contributed by atoms with van der Waals surface area (Å²) in [7, 11) is -8.88. The fraction of sp³-hybridized carbons (Fsp3) is 0.125. The fourth-order valence-electron chi connectivity index (χ4n) is 6.82. The van der Waals surface area contributed by atoms with E-state index in [2.05, 4.69) is 10.2 Å². The number of sulfonamides is 2. The normalized spacial score (nSPS) is 22.8. The van der Waals surface area contributed by atoms with Gasteiger partial charge in [-0.3, -0.25) is 10.8 Å². The van der Waals surface area contributed by atoms with Crippen molar-refractivity contribution in [2.45, 2.75) is 22.3 Å². The maximum Gasteiger partial charge on any atom is 0.223 e. The number of benzene rings is 4. The molecule has 0 saturated heterocycles. The molecule has 0 amide bonds. The largest absolute Gasteiger partial charge is 0.323 e. The summed E-state index contributed by atoms with van der Waals surface area (Å²) in [5.74, 6) is 11.2. The Morgan fingerprint density at radius 3 is 1.25 bits per heavy atom. The highest BCUT2D eigenvalue weighted by Crippen LogP contribution is 2.50. The van der Waals surface area contributed by atoms with Crippen LogP contribution in [-0.4, -0.2) is 39.7 Å². The smallest absolute Gasteiger partial charge is 0.223 e. The predicted octanol–water partition coefficient (Wildman–Crippen LogP) is 3.90. The van der Waals surface area contributed by atoms with E-state index in [-0.39, 0.29) is 68.0 Å². The third kappa shape index (κ3) is 4.78. The van der Waals surface area contributed by atoms with Crippen LogP contribution in [0.3, 0.4) is 0 Å². The molecule has 2 atom stereocenters. The fourth-order valence-corrected chi connectivity index (χ4v) is 10.2. The molecule has 0 aliphatic heterocycles. The van der Waals surface area contributed by atoms with Gasteiger partial charge < -0.3 is 11.7 Å². The highest BCUT2D eigenvalue weighted by atomic mass is 35.5. The summed E-state index contributed by atoms with van der Waals surface area (Å²) in [5.41, 5.74) is 2.52. The van der Waals surface area contributed by atoms with Gasteiger partial charge in [0.05, 0.1) is 22.8 Å². The first kappa shape index (κ1) is 33.5. The second-order valence-corrected chi connectivity index (χ2v) is 15.9. The molecule has 0 saturated carbocycles. The third-order valence-electron chi connectivity index (χ3n) is 9.10. The number of rotatable bonds is 5. The van der Waals surface area contributed by atoms with Crippen LogP contribution in [0, 0.1) is 10.8 Å². The number of halogens is 2. The van der Waals surface area contributed by atoms with Gasteiger partial charge in [-0.25, -0.2) is 27.1 Å². The number of fused-ring (bicyclic) bond motifs is 2. The maximum absolute atomic E-state index is 13.5. The van der Waals surface area contributed by atoms with E-state index >= 15 is 0 Å². The van der Waals surface area contributed by atoms with Crippen molar-refractivity contribution in [3.05, 3.63) is 128 Å². The zero-order valence-corrected chi connectivity index (χ0v) is 28.1. The summed E-state index contributed by atoms with van der Waals surface area (Å²) >= 11 is 13.7. The van der Waals surface area contributed by atoms with E-state index in [0.717, 1.165) is 0 Å². The second kappa shape index (κ2) is 11.6. The van der Waals surface area contributed by atoms with Crippen LogP contribution in [0.15, 0.2) is 95.1 Å². The van der Waals surface area contributed by atoms with Gasteiger partial charge in [0.1, 0.15) is 9.49 Å². The van der Waals surface area contributed by atoms with E-state index in [1.165, 1.54) is 12.1 Å². The zero-order chi connectivity index (χ0) is 34.8. The lowest BCUT2D eigenvalue weighted by molar-refractivity contribution is 0.556. The van der Waals surface area contributed by atoms with Crippen LogP contribution in [0.4, 0.5) is 0 Å². The SMILES string of the molecule is N=C1C(=NN)CC(c2ccc(-c3ccc(C4(S(N)(=O)=O)CC(=NN)C(=N)c5ccccc54)c(Cl)c3)cc2Cl)(S(N)(=O)=O)c2ccccc21. The summed E-state index contributed by atoms with van der Waals surface area (Å²) in [5, 5.41) is 36.5. The van der Waals surface area contributed by atoms with Gasteiger partial charge in [-0.1, -0.05) is 96.0 Å². The minimum atomic E-state index is -4.44. The summed E-state index contributed by atoms with van der Waals surface area (Å²) in [6, 6.07) is 22.4. The Labute approximate surface area is 286 Å². The van der Waals surface area contributed by atoms with Crippen LogP contribution >= 0.6 is 23.2 Å². The maximum atomic E-state index is 13.5. The van der Waals surface area contributed by atoms with Gasteiger partial charge in [0.15, 0.2) is 0 Å². The first-order valence-electron chi connectivity index (χ1n) is 14.2. The van der Waals surface area contributed by atoms with Gasteiger partial charge in [-0.2, -0.15) is 10.2 Å². The van der Waals surface area contributed by atoms with E-state index in [1.54, 1.807) is 72.8 Å². The number of nitrogens with zero attached hydrogens (tertiary/aromatic N) is 2. The number of hydrogen-bond acceptors (Lipinski definition) is 10. The molecule has 0 fully saturated rings. The molecule has 2 aliphatic rings. The molecule has 4 aromatic carbocycles. The minimum absolute atomic E-state index is 0.0191. The molecule has 48 heavy (non-hydrogen) atoms. The third-order valence-corrected chi connectivity index (χ3v) is 12.8. The van der Waals surface area contributed by atoms with Crippen LogP contribution in [0.2, 0.25) is 10.0 Å². The predicted molar refractivity (Wildman–Crippen MR) is 189 cm³/mol. The van der Waals surface area contributed by atoms with E-state index < -0.39 is 29.5 Å². The molecule has 0 radical (unpaired) electrons. The Kier molecular flexibility index (Phi) is 8.10. The molecular weight excluding hydrogens is 695 g/mol. The van der Waals surface area contributed by atoms with E-state index in [9.17, 15) is 16.8 Å². The first-order valence-corrected chi connectivity index (χ1v) is 18.0. The van der Waals surface area contributed by atoms with Crippen molar-refractivity contribution in [2.75, 3.05) is 0 Å². The van der Waals surface area contributed by atoms with Crippen LogP contribution in [0.5, 0.6) is 0 Å². The lowest BCUT2D eigenvalue weighted by atomic mass is 9.75. The second-order valence-electron chi connectivity index (χ2n) is 11.5. The van der Waals surface area contributed by atoms with Crippen LogP contribution in [-0.2, 0) is 29.5 Å². The van der Waals surface area contributed by atoms with Gasteiger partial charge in [0, 0.05) is 34.0 Å². The van der Waals surface area contributed by atoms with Gasteiger partial charge >= 0.3 is 0 Å². The topological polar surface area (TPSA) is 245 Å². The first-order chi connectivity index (χ1) is 22.6. The average Bonchev–Trinajstić information content (AvgIpc) is 3.05. The summed E-state index contributed by atoms with van der Waals surface area (Å²) in [6.45, 7) is 0. The van der Waals surface area contributed by atoms with E-state index in [4.69, 9.17) is 56.0 Å². The van der Waals surface area contributed by atoms with Gasteiger partial charge in [0.2, 0.25) is 20.0 Å². The number of primary sulfonamides is 2. The van der Waals surface area contributed by atoms with Gasteiger partial charge in [0.25, 0.3) is 0 Å². The van der Waals surface area contributed by atoms with E-state index in [1.807, 2.05) is 0 Å². The highest BCUT2D eigenvalue weighted by Gasteiger charge is 2.53. The number of nitrogens with one attached hydrogen (secondary N) is 2. The Hall–Kier alpha value is -4.44. The lowest BCUT2D eigenvalue weighted by Crippen LogP contribution is -2.49. The van der Waals surface area contributed by atoms with Crippen molar-refractivity contribution in [1.29, 1.82) is 10.8 Å². The quantitative estimate of drug-likeness (QED) is 0.132. The van der Waals surface area contributed by atoms with Crippen molar-refractivity contribution >= 4 is 66.1 Å². The van der Waals surface area contributed by atoms with Crippen LogP contribution in [0.25, 0.3) is 11.1 Å². The van der Waals surface area contributed by atoms with Crippen LogP contribution < -0.4 is 22.0 Å². The molecule has 0 aromatic heterocycles. The summed E-state index contributed by atoms with van der Waals surface area (Å²) in [4.78, 5) is 0. The van der Waals surface area contributed by atoms with Crippen molar-refractivity contribution in [2.24, 2.45) is 32.2 Å².